The van der Waals surface area contributed by atoms with Gasteiger partial charge in [0.05, 0.1) is 11.4 Å². The van der Waals surface area contributed by atoms with Gasteiger partial charge in [0.1, 0.15) is 0 Å². The zero-order chi connectivity index (χ0) is 27.8. The summed E-state index contributed by atoms with van der Waals surface area (Å²) >= 11 is 0. The monoisotopic (exact) mass is 528 g/mol. The third-order valence-corrected chi connectivity index (χ3v) is 8.24. The normalized spacial score (nSPS) is 13.3. The van der Waals surface area contributed by atoms with Crippen LogP contribution in [0.15, 0.2) is 152 Å². The molecule has 41 heavy (non-hydrogen) atoms. The first-order chi connectivity index (χ1) is 20.1. The summed E-state index contributed by atoms with van der Waals surface area (Å²) in [6.45, 7) is 4.65. The van der Waals surface area contributed by atoms with E-state index in [-0.39, 0.29) is 5.41 Å². The molecule has 0 saturated carbocycles. The molecule has 0 fully saturated rings. The van der Waals surface area contributed by atoms with Gasteiger partial charge in [-0.2, -0.15) is 0 Å². The van der Waals surface area contributed by atoms with Gasteiger partial charge in [-0.1, -0.05) is 117 Å². The molecule has 0 bridgehead atoms. The molecule has 0 amide bonds. The Morgan fingerprint density at radius 1 is 0.439 bits per heavy atom. The van der Waals surface area contributed by atoms with Gasteiger partial charge < -0.3 is 10.2 Å². The second-order valence-electron chi connectivity index (χ2n) is 11.2. The van der Waals surface area contributed by atoms with Crippen LogP contribution >= 0.6 is 0 Å². The molecule has 1 N–H and O–H groups in total. The highest BCUT2D eigenvalue weighted by Crippen LogP contribution is 2.51. The topological polar surface area (TPSA) is 15.3 Å². The maximum Gasteiger partial charge on any atom is 0.0502 e. The van der Waals surface area contributed by atoms with E-state index in [4.69, 9.17) is 0 Å². The van der Waals surface area contributed by atoms with Crippen LogP contribution in [0.5, 0.6) is 0 Å². The number of benzene rings is 6. The highest BCUT2D eigenvalue weighted by atomic mass is 15.2. The Balaban J connectivity index is 1.16. The van der Waals surface area contributed by atoms with Crippen molar-refractivity contribution in [1.82, 2.24) is 0 Å². The average Bonchev–Trinajstić information content (AvgIpc) is 3.03. The van der Waals surface area contributed by atoms with Gasteiger partial charge in [0.25, 0.3) is 0 Å². The summed E-state index contributed by atoms with van der Waals surface area (Å²) in [5.74, 6) is 0. The number of rotatable bonds is 5. The van der Waals surface area contributed by atoms with Crippen LogP contribution in [0.4, 0.5) is 28.4 Å². The molecular formula is C39H32N2. The van der Waals surface area contributed by atoms with E-state index in [1.807, 2.05) is 6.07 Å². The van der Waals surface area contributed by atoms with E-state index >= 15 is 0 Å². The Labute approximate surface area is 242 Å². The zero-order valence-corrected chi connectivity index (χ0v) is 23.4. The van der Waals surface area contributed by atoms with E-state index in [0.29, 0.717) is 0 Å². The Kier molecular flexibility index (Phi) is 6.17. The van der Waals surface area contributed by atoms with Crippen LogP contribution in [-0.4, -0.2) is 0 Å². The Hall–Kier alpha value is -5.08. The van der Waals surface area contributed by atoms with Gasteiger partial charge in [0.2, 0.25) is 0 Å². The van der Waals surface area contributed by atoms with Gasteiger partial charge in [-0.25, -0.2) is 0 Å². The maximum absolute atomic E-state index is 3.55. The second-order valence-corrected chi connectivity index (χ2v) is 11.2. The summed E-state index contributed by atoms with van der Waals surface area (Å²) in [7, 11) is 0. The Morgan fingerprint density at radius 2 is 0.902 bits per heavy atom. The number of anilines is 5. The Morgan fingerprint density at radius 3 is 1.49 bits per heavy atom. The third-order valence-electron chi connectivity index (χ3n) is 8.24. The quantitative estimate of drug-likeness (QED) is 0.239. The fourth-order valence-electron chi connectivity index (χ4n) is 6.06. The van der Waals surface area contributed by atoms with Gasteiger partial charge in [-0.05, 0) is 81.9 Å². The minimum Gasteiger partial charge on any atom is -0.356 e. The fraction of sp³-hybridized carbons (Fsp3) is 0.0769. The molecule has 0 aromatic heterocycles. The molecule has 6 aromatic rings. The maximum atomic E-state index is 3.55. The van der Waals surface area contributed by atoms with Crippen LogP contribution in [0.1, 0.15) is 25.0 Å². The third kappa shape index (κ3) is 4.58. The Bertz CT molecular complexity index is 1770. The lowest BCUT2D eigenvalue weighted by atomic mass is 9.73. The molecule has 1 aliphatic heterocycles. The average molecular weight is 529 g/mol. The number of hydrogen-bond acceptors (Lipinski definition) is 2. The lowest BCUT2D eigenvalue weighted by molar-refractivity contribution is 0.632. The van der Waals surface area contributed by atoms with Gasteiger partial charge in [0, 0.05) is 22.5 Å². The minimum atomic E-state index is -0.0635. The van der Waals surface area contributed by atoms with Crippen LogP contribution in [-0.2, 0) is 5.41 Å². The molecule has 7 rings (SSSR count). The molecule has 6 aromatic carbocycles. The standard InChI is InChI=1S/C39H32N2/c1-39(2)35-15-6-8-17-37(35)41(38-18-9-7-16-36(38)39)34-14-10-13-31(27-34)30-21-25-33(26-22-30)40-32-23-19-29(20-24-32)28-11-4-3-5-12-28/h3-27,40H,1-2H3. The van der Waals surface area contributed by atoms with Crippen LogP contribution in [0.25, 0.3) is 22.3 Å². The van der Waals surface area contributed by atoms with Gasteiger partial charge in [-0.15, -0.1) is 0 Å². The summed E-state index contributed by atoms with van der Waals surface area (Å²) < 4.78 is 0. The van der Waals surface area contributed by atoms with E-state index < -0.39 is 0 Å². The largest absolute Gasteiger partial charge is 0.356 e. The molecular weight excluding hydrogens is 496 g/mol. The van der Waals surface area contributed by atoms with Gasteiger partial charge in [-0.3, -0.25) is 0 Å². The molecule has 0 saturated heterocycles. The van der Waals surface area contributed by atoms with E-state index in [9.17, 15) is 0 Å². The lowest BCUT2D eigenvalue weighted by Gasteiger charge is -2.42. The first-order valence-corrected chi connectivity index (χ1v) is 14.2. The highest BCUT2D eigenvalue weighted by molar-refractivity contribution is 5.87. The second kappa shape index (κ2) is 10.1. The first-order valence-electron chi connectivity index (χ1n) is 14.2. The molecule has 2 nitrogen and oxygen atoms in total. The SMILES string of the molecule is CC1(C)c2ccccc2N(c2cccc(-c3ccc(Nc4ccc(-c5ccccc5)cc4)cc3)c2)c2ccccc21. The number of nitrogens with zero attached hydrogens (tertiary/aromatic N) is 1. The van der Waals surface area contributed by atoms with Crippen molar-refractivity contribution >= 4 is 28.4 Å². The van der Waals surface area contributed by atoms with Gasteiger partial charge >= 0.3 is 0 Å². The van der Waals surface area contributed by atoms with Crippen LogP contribution in [0.3, 0.4) is 0 Å². The number of fused-ring (bicyclic) bond motifs is 2. The molecule has 0 aliphatic carbocycles. The molecule has 0 spiro atoms. The van der Waals surface area contributed by atoms with Crippen molar-refractivity contribution in [3.05, 3.63) is 163 Å². The predicted molar refractivity (Wildman–Crippen MR) is 174 cm³/mol. The molecule has 0 radical (unpaired) electrons. The van der Waals surface area contributed by atoms with Crippen LogP contribution < -0.4 is 10.2 Å². The van der Waals surface area contributed by atoms with Crippen molar-refractivity contribution in [2.75, 3.05) is 10.2 Å². The summed E-state index contributed by atoms with van der Waals surface area (Å²) in [6.07, 6.45) is 0. The summed E-state index contributed by atoms with van der Waals surface area (Å²) in [6, 6.07) is 54.2. The van der Waals surface area contributed by atoms with Crippen molar-refractivity contribution in [1.29, 1.82) is 0 Å². The van der Waals surface area contributed by atoms with E-state index in [2.05, 4.69) is 170 Å². The minimum absolute atomic E-state index is 0.0635. The van der Waals surface area contributed by atoms with Gasteiger partial charge in [0.15, 0.2) is 0 Å². The predicted octanol–water partition coefficient (Wildman–Crippen LogP) is 10.9. The molecule has 0 atom stereocenters. The molecule has 1 heterocycles. The van der Waals surface area contributed by atoms with Crippen molar-refractivity contribution < 1.29 is 0 Å². The number of hydrogen-bond donors (Lipinski definition) is 1. The first kappa shape index (κ1) is 24.9. The molecule has 1 aliphatic rings. The fourth-order valence-corrected chi connectivity index (χ4v) is 6.06. The summed E-state index contributed by atoms with van der Waals surface area (Å²) in [4.78, 5) is 2.41. The smallest absolute Gasteiger partial charge is 0.0502 e. The van der Waals surface area contributed by atoms with Crippen LogP contribution in [0.2, 0.25) is 0 Å². The van der Waals surface area contributed by atoms with E-state index in [1.54, 1.807) is 0 Å². The van der Waals surface area contributed by atoms with Crippen LogP contribution in [0, 0.1) is 0 Å². The summed E-state index contributed by atoms with van der Waals surface area (Å²) in [5.41, 5.74) is 13.2. The van der Waals surface area contributed by atoms with Crippen molar-refractivity contribution in [2.45, 2.75) is 19.3 Å². The van der Waals surface area contributed by atoms with E-state index in [0.717, 1.165) is 11.4 Å². The number of nitrogens with one attached hydrogen (secondary N) is 1. The number of para-hydroxylation sites is 2. The van der Waals surface area contributed by atoms with Crippen molar-refractivity contribution in [2.24, 2.45) is 0 Å². The molecule has 2 heteroatoms. The van der Waals surface area contributed by atoms with Crippen molar-refractivity contribution in [3.63, 3.8) is 0 Å². The molecule has 198 valence electrons. The highest BCUT2D eigenvalue weighted by Gasteiger charge is 2.36. The molecule has 0 unspecified atom stereocenters. The van der Waals surface area contributed by atoms with Crippen molar-refractivity contribution in [3.8, 4) is 22.3 Å². The summed E-state index contributed by atoms with van der Waals surface area (Å²) in [5, 5.41) is 3.55. The van der Waals surface area contributed by atoms with E-state index in [1.165, 1.54) is 50.4 Å². The zero-order valence-electron chi connectivity index (χ0n) is 23.4. The lowest BCUT2D eigenvalue weighted by Crippen LogP contribution is -2.30.